The molecule has 0 saturated heterocycles. The van der Waals surface area contributed by atoms with Crippen LogP contribution in [0.4, 0.5) is 0 Å². The topological polar surface area (TPSA) is 68.3 Å². The van der Waals surface area contributed by atoms with Crippen molar-refractivity contribution in [3.8, 4) is 0 Å². The summed E-state index contributed by atoms with van der Waals surface area (Å²) in [4.78, 5) is 15.7. The van der Waals surface area contributed by atoms with Crippen LogP contribution < -0.4 is 0 Å². The number of nitrogens with zero attached hydrogens (tertiary/aromatic N) is 2. The van der Waals surface area contributed by atoms with Crippen molar-refractivity contribution < 1.29 is 14.3 Å². The van der Waals surface area contributed by atoms with Crippen LogP contribution in [0.5, 0.6) is 0 Å². The molecule has 0 saturated carbocycles. The van der Waals surface area contributed by atoms with Gasteiger partial charge in [-0.1, -0.05) is 32.9 Å². The molecular formula is C17H18N2O3. The number of carboxylic acids is 1. The van der Waals surface area contributed by atoms with Crippen LogP contribution in [0.3, 0.4) is 0 Å². The maximum absolute atomic E-state index is 10.9. The van der Waals surface area contributed by atoms with Gasteiger partial charge in [-0.2, -0.15) is 0 Å². The summed E-state index contributed by atoms with van der Waals surface area (Å²) in [6.45, 7) is 6.78. The molecule has 2 heterocycles. The SMILES string of the molecule is CC(C)(C)c1nc2ccccc2n1Cc1ccc(C(=O)O)o1. The minimum atomic E-state index is -1.06. The van der Waals surface area contributed by atoms with Gasteiger partial charge in [-0.15, -0.1) is 0 Å². The Morgan fingerprint density at radius 2 is 1.95 bits per heavy atom. The van der Waals surface area contributed by atoms with Crippen molar-refractivity contribution in [3.05, 3.63) is 53.7 Å². The zero-order chi connectivity index (χ0) is 15.9. The Labute approximate surface area is 128 Å². The van der Waals surface area contributed by atoms with Gasteiger partial charge in [-0.05, 0) is 24.3 Å². The summed E-state index contributed by atoms with van der Waals surface area (Å²) in [7, 11) is 0. The van der Waals surface area contributed by atoms with Crippen LogP contribution >= 0.6 is 0 Å². The molecule has 0 atom stereocenters. The summed E-state index contributed by atoms with van der Waals surface area (Å²) in [5.41, 5.74) is 1.82. The molecule has 3 rings (SSSR count). The van der Waals surface area contributed by atoms with Gasteiger partial charge in [0.15, 0.2) is 0 Å². The number of carbonyl (C=O) groups is 1. The number of hydrogen-bond acceptors (Lipinski definition) is 3. The molecule has 0 fully saturated rings. The minimum absolute atomic E-state index is 0.0447. The van der Waals surface area contributed by atoms with Crippen LogP contribution in [0.2, 0.25) is 0 Å². The first-order valence-electron chi connectivity index (χ1n) is 7.14. The molecule has 0 radical (unpaired) electrons. The Morgan fingerprint density at radius 3 is 2.59 bits per heavy atom. The molecule has 5 heteroatoms. The lowest BCUT2D eigenvalue weighted by atomic mass is 9.95. The van der Waals surface area contributed by atoms with E-state index >= 15 is 0 Å². The number of rotatable bonds is 3. The van der Waals surface area contributed by atoms with E-state index in [0.717, 1.165) is 16.9 Å². The summed E-state index contributed by atoms with van der Waals surface area (Å²) in [5, 5.41) is 8.97. The second-order valence-corrected chi connectivity index (χ2v) is 6.33. The van der Waals surface area contributed by atoms with Crippen molar-refractivity contribution in [2.24, 2.45) is 0 Å². The lowest BCUT2D eigenvalue weighted by Gasteiger charge is -2.19. The number of furan rings is 1. The zero-order valence-corrected chi connectivity index (χ0v) is 12.8. The molecule has 114 valence electrons. The smallest absolute Gasteiger partial charge is 0.371 e. The molecule has 2 aromatic heterocycles. The third kappa shape index (κ3) is 2.50. The van der Waals surface area contributed by atoms with Gasteiger partial charge >= 0.3 is 5.97 Å². The van der Waals surface area contributed by atoms with E-state index in [1.54, 1.807) is 6.07 Å². The van der Waals surface area contributed by atoms with Crippen molar-refractivity contribution >= 4 is 17.0 Å². The van der Waals surface area contributed by atoms with E-state index in [9.17, 15) is 4.79 Å². The van der Waals surface area contributed by atoms with Gasteiger partial charge in [-0.25, -0.2) is 9.78 Å². The number of para-hydroxylation sites is 2. The fourth-order valence-corrected chi connectivity index (χ4v) is 2.54. The average molecular weight is 298 g/mol. The normalized spacial score (nSPS) is 12.0. The number of benzene rings is 1. The van der Waals surface area contributed by atoms with Gasteiger partial charge < -0.3 is 14.1 Å². The van der Waals surface area contributed by atoms with Gasteiger partial charge in [0.1, 0.15) is 11.6 Å². The van der Waals surface area contributed by atoms with E-state index < -0.39 is 5.97 Å². The summed E-state index contributed by atoms with van der Waals surface area (Å²) in [6, 6.07) is 11.1. The Balaban J connectivity index is 2.09. The summed E-state index contributed by atoms with van der Waals surface area (Å²) in [5.74, 6) is 0.447. The first kappa shape index (κ1) is 14.4. The highest BCUT2D eigenvalue weighted by Crippen LogP contribution is 2.27. The van der Waals surface area contributed by atoms with Crippen molar-refractivity contribution in [2.45, 2.75) is 32.7 Å². The first-order valence-corrected chi connectivity index (χ1v) is 7.14. The third-order valence-corrected chi connectivity index (χ3v) is 3.51. The van der Waals surface area contributed by atoms with E-state index in [-0.39, 0.29) is 11.2 Å². The molecule has 0 bridgehead atoms. The second-order valence-electron chi connectivity index (χ2n) is 6.33. The quantitative estimate of drug-likeness (QED) is 0.801. The molecule has 5 nitrogen and oxygen atoms in total. The summed E-state index contributed by atoms with van der Waals surface area (Å²) >= 11 is 0. The highest BCUT2D eigenvalue weighted by atomic mass is 16.4. The zero-order valence-electron chi connectivity index (χ0n) is 12.8. The average Bonchev–Trinajstić information content (AvgIpc) is 3.04. The van der Waals surface area contributed by atoms with Crippen LogP contribution in [-0.4, -0.2) is 20.6 Å². The van der Waals surface area contributed by atoms with Crippen molar-refractivity contribution in [3.63, 3.8) is 0 Å². The standard InChI is InChI=1S/C17H18N2O3/c1-17(2,3)16-18-12-6-4-5-7-13(12)19(16)10-11-8-9-14(22-11)15(20)21/h4-9H,10H2,1-3H3,(H,20,21). The van der Waals surface area contributed by atoms with E-state index in [0.29, 0.717) is 12.3 Å². The van der Waals surface area contributed by atoms with Crippen LogP contribution in [0.25, 0.3) is 11.0 Å². The molecule has 0 aliphatic rings. The van der Waals surface area contributed by atoms with Gasteiger partial charge in [0.2, 0.25) is 5.76 Å². The molecule has 0 unspecified atom stereocenters. The van der Waals surface area contributed by atoms with Crippen LogP contribution in [0.15, 0.2) is 40.8 Å². The fraction of sp³-hybridized carbons (Fsp3) is 0.294. The van der Waals surface area contributed by atoms with Crippen molar-refractivity contribution in [2.75, 3.05) is 0 Å². The number of fused-ring (bicyclic) bond motifs is 1. The van der Waals surface area contributed by atoms with E-state index in [2.05, 4.69) is 25.3 Å². The molecule has 1 aromatic carbocycles. The number of carboxylic acid groups (broad SMARTS) is 1. The van der Waals surface area contributed by atoms with Gasteiger partial charge in [-0.3, -0.25) is 0 Å². The van der Waals surface area contributed by atoms with Crippen molar-refractivity contribution in [1.82, 2.24) is 9.55 Å². The summed E-state index contributed by atoms with van der Waals surface area (Å²) < 4.78 is 7.47. The minimum Gasteiger partial charge on any atom is -0.475 e. The van der Waals surface area contributed by atoms with Crippen LogP contribution in [0.1, 0.15) is 42.9 Å². The highest BCUT2D eigenvalue weighted by Gasteiger charge is 2.23. The van der Waals surface area contributed by atoms with Gasteiger partial charge in [0.05, 0.1) is 17.6 Å². The predicted octanol–water partition coefficient (Wildman–Crippen LogP) is 3.67. The first-order chi connectivity index (χ1) is 10.4. The van der Waals surface area contributed by atoms with Gasteiger partial charge in [0, 0.05) is 5.41 Å². The molecular weight excluding hydrogens is 280 g/mol. The molecule has 22 heavy (non-hydrogen) atoms. The Kier molecular flexibility index (Phi) is 3.28. The monoisotopic (exact) mass is 298 g/mol. The molecule has 0 aliphatic heterocycles. The van der Waals surface area contributed by atoms with Gasteiger partial charge in [0.25, 0.3) is 0 Å². The highest BCUT2D eigenvalue weighted by molar-refractivity contribution is 5.84. The summed E-state index contributed by atoms with van der Waals surface area (Å²) in [6.07, 6.45) is 0. The number of hydrogen-bond donors (Lipinski definition) is 1. The van der Waals surface area contributed by atoms with E-state index in [4.69, 9.17) is 14.5 Å². The maximum Gasteiger partial charge on any atom is 0.371 e. The lowest BCUT2D eigenvalue weighted by Crippen LogP contribution is -2.19. The Morgan fingerprint density at radius 1 is 1.23 bits per heavy atom. The molecule has 1 N–H and O–H groups in total. The molecule has 0 aliphatic carbocycles. The van der Waals surface area contributed by atoms with Crippen LogP contribution in [-0.2, 0) is 12.0 Å². The Bertz CT molecular complexity index is 837. The number of imidazole rings is 1. The van der Waals surface area contributed by atoms with E-state index in [1.165, 1.54) is 6.07 Å². The molecule has 3 aromatic rings. The third-order valence-electron chi connectivity index (χ3n) is 3.51. The largest absolute Gasteiger partial charge is 0.475 e. The second kappa shape index (κ2) is 5.02. The fourth-order valence-electron chi connectivity index (χ4n) is 2.54. The van der Waals surface area contributed by atoms with E-state index in [1.807, 2.05) is 24.3 Å². The number of aromatic nitrogens is 2. The molecule has 0 amide bonds. The van der Waals surface area contributed by atoms with Crippen molar-refractivity contribution in [1.29, 1.82) is 0 Å². The number of aromatic carboxylic acids is 1. The predicted molar refractivity (Wildman–Crippen MR) is 83.2 cm³/mol. The maximum atomic E-state index is 10.9. The lowest BCUT2D eigenvalue weighted by molar-refractivity contribution is 0.0660. The Hall–Kier alpha value is -2.56. The molecule has 0 spiro atoms. The van der Waals surface area contributed by atoms with Crippen LogP contribution in [0, 0.1) is 0 Å².